The second-order valence-electron chi connectivity index (χ2n) is 3.57. The van der Waals surface area contributed by atoms with Crippen LogP contribution < -0.4 is 4.74 Å². The molecule has 0 aliphatic carbocycles. The predicted octanol–water partition coefficient (Wildman–Crippen LogP) is 4.63. The summed E-state index contributed by atoms with van der Waals surface area (Å²) in [5, 5.41) is 0. The van der Waals surface area contributed by atoms with E-state index in [0.717, 1.165) is 18.8 Å². The van der Waals surface area contributed by atoms with Crippen molar-refractivity contribution in [2.45, 2.75) is 47.0 Å². The lowest BCUT2D eigenvalue weighted by Crippen LogP contribution is -1.95. The summed E-state index contributed by atoms with van der Waals surface area (Å²) < 4.78 is 5.49. The first-order valence-electron chi connectivity index (χ1n) is 5.96. The van der Waals surface area contributed by atoms with E-state index in [9.17, 15) is 0 Å². The van der Waals surface area contributed by atoms with Crippen LogP contribution in [-0.2, 0) is 0 Å². The Morgan fingerprint density at radius 3 is 2.00 bits per heavy atom. The topological polar surface area (TPSA) is 9.23 Å². The van der Waals surface area contributed by atoms with E-state index in [2.05, 4.69) is 32.9 Å². The summed E-state index contributed by atoms with van der Waals surface area (Å²) in [5.74, 6) is 1.58. The van der Waals surface area contributed by atoms with Gasteiger partial charge in [0, 0.05) is 0 Å². The molecule has 1 heteroatoms. The predicted molar refractivity (Wildman–Crippen MR) is 67.7 cm³/mol. The highest BCUT2D eigenvalue weighted by molar-refractivity contribution is 5.28. The molecule has 1 rings (SSSR count). The van der Waals surface area contributed by atoms with Crippen molar-refractivity contribution in [3.63, 3.8) is 0 Å². The Morgan fingerprint density at radius 1 is 1.07 bits per heavy atom. The van der Waals surface area contributed by atoms with E-state index in [0.29, 0.717) is 5.92 Å². The van der Waals surface area contributed by atoms with E-state index in [1.807, 2.05) is 26.0 Å². The molecule has 0 aliphatic heterocycles. The summed E-state index contributed by atoms with van der Waals surface area (Å²) >= 11 is 0. The largest absolute Gasteiger partial charge is 0.494 e. The van der Waals surface area contributed by atoms with Gasteiger partial charge in [0.15, 0.2) is 0 Å². The van der Waals surface area contributed by atoms with Gasteiger partial charge in [0.2, 0.25) is 0 Å². The monoisotopic (exact) mass is 208 g/mol. The van der Waals surface area contributed by atoms with Gasteiger partial charge in [0.1, 0.15) is 5.75 Å². The van der Waals surface area contributed by atoms with Gasteiger partial charge >= 0.3 is 0 Å². The molecule has 0 aliphatic rings. The van der Waals surface area contributed by atoms with Gasteiger partial charge in [0.05, 0.1) is 6.61 Å². The zero-order valence-electron chi connectivity index (χ0n) is 10.7. The highest BCUT2D eigenvalue weighted by atomic mass is 16.5. The van der Waals surface area contributed by atoms with Gasteiger partial charge in [-0.2, -0.15) is 0 Å². The molecule has 0 fully saturated rings. The van der Waals surface area contributed by atoms with Gasteiger partial charge in [-0.15, -0.1) is 0 Å². The molecular formula is C14H24O. The van der Waals surface area contributed by atoms with Gasteiger partial charge in [0.25, 0.3) is 0 Å². The molecule has 0 spiro atoms. The molecule has 0 aromatic heterocycles. The van der Waals surface area contributed by atoms with E-state index in [4.69, 9.17) is 4.74 Å². The fraction of sp³-hybridized carbons (Fsp3) is 0.571. The first-order chi connectivity index (χ1) is 7.24. The number of hydrogen-bond donors (Lipinski definition) is 0. The minimum absolute atomic E-state index is 0.597. The van der Waals surface area contributed by atoms with Crippen LogP contribution in [0.3, 0.4) is 0 Å². The third-order valence-electron chi connectivity index (χ3n) is 2.02. The van der Waals surface area contributed by atoms with Gasteiger partial charge < -0.3 is 4.74 Å². The Balaban J connectivity index is 0.000000921. The normalized spacial score (nSPS) is 9.47. The highest BCUT2D eigenvalue weighted by Crippen LogP contribution is 2.18. The lowest BCUT2D eigenvalue weighted by Gasteiger charge is -2.07. The number of benzene rings is 1. The van der Waals surface area contributed by atoms with Crippen LogP contribution in [0.4, 0.5) is 0 Å². The van der Waals surface area contributed by atoms with Crippen LogP contribution in [0.25, 0.3) is 0 Å². The SMILES string of the molecule is CC.CCCOc1ccc(C(C)C)cc1. The van der Waals surface area contributed by atoms with Crippen molar-refractivity contribution in [3.05, 3.63) is 29.8 Å². The van der Waals surface area contributed by atoms with Crippen molar-refractivity contribution in [1.29, 1.82) is 0 Å². The van der Waals surface area contributed by atoms with Crippen molar-refractivity contribution in [2.24, 2.45) is 0 Å². The van der Waals surface area contributed by atoms with Crippen LogP contribution in [0.5, 0.6) is 5.75 Å². The van der Waals surface area contributed by atoms with E-state index in [1.165, 1.54) is 5.56 Å². The smallest absolute Gasteiger partial charge is 0.119 e. The molecular weight excluding hydrogens is 184 g/mol. The summed E-state index contributed by atoms with van der Waals surface area (Å²) in [7, 11) is 0. The molecule has 1 aromatic carbocycles. The van der Waals surface area contributed by atoms with Crippen LogP contribution in [0.2, 0.25) is 0 Å². The molecule has 0 radical (unpaired) electrons. The molecule has 0 unspecified atom stereocenters. The molecule has 0 bridgehead atoms. The first kappa shape index (κ1) is 14.0. The molecule has 15 heavy (non-hydrogen) atoms. The summed E-state index contributed by atoms with van der Waals surface area (Å²) in [6.45, 7) is 11.3. The standard InChI is InChI=1S/C12H18O.C2H6/c1-4-9-13-12-7-5-11(6-8-12)10(2)3;1-2/h5-8,10H,4,9H2,1-3H3;1-2H3. The van der Waals surface area contributed by atoms with Crippen LogP contribution in [0.1, 0.15) is 52.5 Å². The Labute approximate surface area is 94.5 Å². The molecule has 86 valence electrons. The van der Waals surface area contributed by atoms with Gasteiger partial charge in [-0.1, -0.05) is 46.8 Å². The lowest BCUT2D eigenvalue weighted by atomic mass is 10.0. The molecule has 0 saturated heterocycles. The van der Waals surface area contributed by atoms with E-state index >= 15 is 0 Å². The number of rotatable bonds is 4. The van der Waals surface area contributed by atoms with Crippen LogP contribution in [0.15, 0.2) is 24.3 Å². The summed E-state index contributed by atoms with van der Waals surface area (Å²) in [4.78, 5) is 0. The second kappa shape index (κ2) is 8.34. The van der Waals surface area contributed by atoms with Gasteiger partial charge in [-0.05, 0) is 30.0 Å². The fourth-order valence-electron chi connectivity index (χ4n) is 1.17. The Hall–Kier alpha value is -0.980. The summed E-state index contributed by atoms with van der Waals surface area (Å²) in [6, 6.07) is 8.36. The first-order valence-corrected chi connectivity index (χ1v) is 5.96. The lowest BCUT2D eigenvalue weighted by molar-refractivity contribution is 0.317. The molecule has 1 nitrogen and oxygen atoms in total. The molecule has 0 saturated carbocycles. The van der Waals surface area contributed by atoms with Crippen molar-refractivity contribution < 1.29 is 4.74 Å². The number of hydrogen-bond acceptors (Lipinski definition) is 1. The molecule has 0 N–H and O–H groups in total. The minimum Gasteiger partial charge on any atom is -0.494 e. The van der Waals surface area contributed by atoms with Crippen molar-refractivity contribution >= 4 is 0 Å². The average Bonchev–Trinajstić information content (AvgIpc) is 2.29. The maximum absolute atomic E-state index is 5.49. The van der Waals surface area contributed by atoms with E-state index in [1.54, 1.807) is 0 Å². The maximum atomic E-state index is 5.49. The quantitative estimate of drug-likeness (QED) is 0.701. The highest BCUT2D eigenvalue weighted by Gasteiger charge is 1.98. The van der Waals surface area contributed by atoms with Crippen LogP contribution >= 0.6 is 0 Å². The zero-order chi connectivity index (χ0) is 11.7. The van der Waals surface area contributed by atoms with Gasteiger partial charge in [-0.3, -0.25) is 0 Å². The van der Waals surface area contributed by atoms with Crippen molar-refractivity contribution in [1.82, 2.24) is 0 Å². The maximum Gasteiger partial charge on any atom is 0.119 e. The third kappa shape index (κ3) is 5.46. The van der Waals surface area contributed by atoms with Gasteiger partial charge in [-0.25, -0.2) is 0 Å². The third-order valence-corrected chi connectivity index (χ3v) is 2.02. The number of ether oxygens (including phenoxy) is 1. The average molecular weight is 208 g/mol. The minimum atomic E-state index is 0.597. The van der Waals surface area contributed by atoms with Crippen molar-refractivity contribution in [3.8, 4) is 5.75 Å². The fourth-order valence-corrected chi connectivity index (χ4v) is 1.17. The Bertz CT molecular complexity index is 236. The molecule has 0 amide bonds. The Kier molecular flexibility index (Phi) is 7.79. The summed E-state index contributed by atoms with van der Waals surface area (Å²) in [5.41, 5.74) is 1.36. The Morgan fingerprint density at radius 2 is 1.60 bits per heavy atom. The van der Waals surface area contributed by atoms with E-state index < -0.39 is 0 Å². The molecule has 1 aromatic rings. The summed E-state index contributed by atoms with van der Waals surface area (Å²) in [6.07, 6.45) is 1.06. The van der Waals surface area contributed by atoms with Crippen molar-refractivity contribution in [2.75, 3.05) is 6.61 Å². The second-order valence-corrected chi connectivity index (χ2v) is 3.57. The molecule has 0 atom stereocenters. The molecule has 0 heterocycles. The zero-order valence-corrected chi connectivity index (χ0v) is 10.7. The van der Waals surface area contributed by atoms with E-state index in [-0.39, 0.29) is 0 Å². The van der Waals surface area contributed by atoms with Crippen LogP contribution in [0, 0.1) is 0 Å². The van der Waals surface area contributed by atoms with Crippen LogP contribution in [-0.4, -0.2) is 6.61 Å².